The summed E-state index contributed by atoms with van der Waals surface area (Å²) in [6.45, 7) is 0. The molecule has 3 rings (SSSR count). The van der Waals surface area contributed by atoms with Gasteiger partial charge in [-0.2, -0.15) is 0 Å². The minimum absolute atomic E-state index is 0.302. The van der Waals surface area contributed by atoms with E-state index in [0.29, 0.717) is 34.1 Å². The third-order valence-electron chi connectivity index (χ3n) is 4.81. The number of nitrogens with two attached hydrogens (primary N) is 3. The molecule has 34 heavy (non-hydrogen) atoms. The number of anilines is 6. The predicted octanol–water partition coefficient (Wildman–Crippen LogP) is 2.16. The summed E-state index contributed by atoms with van der Waals surface area (Å²) >= 11 is 0. The Morgan fingerprint density at radius 3 is 1.35 bits per heavy atom. The number of carbonyl (C=O) groups excluding carboxylic acids is 3. The molecule has 0 heterocycles. The number of carbonyl (C=O) groups is 3. The van der Waals surface area contributed by atoms with Crippen LogP contribution in [0, 0.1) is 0 Å². The van der Waals surface area contributed by atoms with Crippen molar-refractivity contribution < 1.29 is 19.5 Å². The number of benzene rings is 3. The summed E-state index contributed by atoms with van der Waals surface area (Å²) in [6, 6.07) is 19.1. The highest BCUT2D eigenvalue weighted by atomic mass is 16.3. The van der Waals surface area contributed by atoms with E-state index < -0.39 is 36.2 Å². The Morgan fingerprint density at radius 1 is 0.647 bits per heavy atom. The van der Waals surface area contributed by atoms with Crippen LogP contribution in [0.4, 0.5) is 34.1 Å². The number of aliphatic hydroxyl groups is 1. The molecule has 0 saturated heterocycles. The predicted molar refractivity (Wildman–Crippen MR) is 133 cm³/mol. The van der Waals surface area contributed by atoms with Crippen molar-refractivity contribution in [2.45, 2.75) is 18.4 Å². The molecular weight excluding hydrogens is 436 g/mol. The van der Waals surface area contributed by atoms with Gasteiger partial charge in [-0.25, -0.2) is 0 Å². The largest absolute Gasteiger partial charge is 0.399 e. The SMILES string of the molecule is Nc1cccc(NC(=O)CC(O)(CC(=O)Nc2cccc(N)c2)C(=O)Nc2cccc(N)c2)c1. The van der Waals surface area contributed by atoms with E-state index in [-0.39, 0.29) is 0 Å². The van der Waals surface area contributed by atoms with Gasteiger partial charge in [0.25, 0.3) is 5.91 Å². The van der Waals surface area contributed by atoms with Gasteiger partial charge >= 0.3 is 0 Å². The number of rotatable bonds is 8. The van der Waals surface area contributed by atoms with E-state index in [1.807, 2.05) is 0 Å². The molecule has 10 nitrogen and oxygen atoms in total. The number of nitrogens with one attached hydrogen (secondary N) is 3. The first-order chi connectivity index (χ1) is 16.1. The maximum absolute atomic E-state index is 13.0. The number of hydrogen-bond donors (Lipinski definition) is 7. The van der Waals surface area contributed by atoms with Crippen molar-refractivity contribution in [3.05, 3.63) is 72.8 Å². The summed E-state index contributed by atoms with van der Waals surface area (Å²) in [5.41, 5.74) is 17.1. The van der Waals surface area contributed by atoms with Gasteiger partial charge in [0.05, 0.1) is 12.8 Å². The highest BCUT2D eigenvalue weighted by Crippen LogP contribution is 2.23. The number of amides is 3. The zero-order valence-corrected chi connectivity index (χ0v) is 18.2. The Morgan fingerprint density at radius 2 is 1.00 bits per heavy atom. The molecule has 3 amide bonds. The van der Waals surface area contributed by atoms with Gasteiger partial charge in [-0.3, -0.25) is 14.4 Å². The third kappa shape index (κ3) is 6.71. The van der Waals surface area contributed by atoms with E-state index in [4.69, 9.17) is 17.2 Å². The van der Waals surface area contributed by atoms with E-state index >= 15 is 0 Å². The lowest BCUT2D eigenvalue weighted by Gasteiger charge is -2.26. The number of hydrogen-bond acceptors (Lipinski definition) is 7. The van der Waals surface area contributed by atoms with Crippen molar-refractivity contribution in [3.63, 3.8) is 0 Å². The highest BCUT2D eigenvalue weighted by molar-refractivity contribution is 6.06. The minimum Gasteiger partial charge on any atom is -0.399 e. The van der Waals surface area contributed by atoms with Crippen molar-refractivity contribution in [2.24, 2.45) is 0 Å². The van der Waals surface area contributed by atoms with Gasteiger partial charge in [0.1, 0.15) is 0 Å². The second kappa shape index (κ2) is 10.4. The van der Waals surface area contributed by atoms with Gasteiger partial charge in [0, 0.05) is 34.1 Å². The van der Waals surface area contributed by atoms with Crippen LogP contribution < -0.4 is 33.2 Å². The van der Waals surface area contributed by atoms with Crippen molar-refractivity contribution in [1.82, 2.24) is 0 Å². The Kier molecular flexibility index (Phi) is 7.34. The maximum atomic E-state index is 13.0. The van der Waals surface area contributed by atoms with E-state index in [9.17, 15) is 19.5 Å². The third-order valence-corrected chi connectivity index (χ3v) is 4.81. The van der Waals surface area contributed by atoms with E-state index in [1.54, 1.807) is 54.6 Å². The molecule has 10 N–H and O–H groups in total. The fourth-order valence-corrected chi connectivity index (χ4v) is 3.26. The van der Waals surface area contributed by atoms with Gasteiger partial charge < -0.3 is 38.3 Å². The fraction of sp³-hybridized carbons (Fsp3) is 0.125. The Bertz CT molecular complexity index is 1150. The molecule has 0 bridgehead atoms. The molecule has 0 spiro atoms. The van der Waals surface area contributed by atoms with E-state index in [1.165, 1.54) is 18.2 Å². The van der Waals surface area contributed by atoms with Crippen LogP contribution in [0.5, 0.6) is 0 Å². The lowest BCUT2D eigenvalue weighted by atomic mass is 9.93. The average molecular weight is 463 g/mol. The van der Waals surface area contributed by atoms with Gasteiger partial charge in [-0.15, -0.1) is 0 Å². The Hall–Kier alpha value is -4.57. The molecule has 0 saturated carbocycles. The molecule has 0 fully saturated rings. The molecule has 0 aliphatic heterocycles. The van der Waals surface area contributed by atoms with Crippen molar-refractivity contribution in [3.8, 4) is 0 Å². The fourth-order valence-electron chi connectivity index (χ4n) is 3.26. The highest BCUT2D eigenvalue weighted by Gasteiger charge is 2.40. The molecule has 0 radical (unpaired) electrons. The lowest BCUT2D eigenvalue weighted by molar-refractivity contribution is -0.143. The first kappa shape index (κ1) is 24.1. The van der Waals surface area contributed by atoms with E-state index in [0.717, 1.165) is 0 Å². The molecule has 0 atom stereocenters. The summed E-state index contributed by atoms with van der Waals surface area (Å²) in [7, 11) is 0. The Labute approximate surface area is 196 Å². The number of nitrogen functional groups attached to an aromatic ring is 3. The summed E-state index contributed by atoms with van der Waals surface area (Å²) < 4.78 is 0. The minimum atomic E-state index is -2.38. The van der Waals surface area contributed by atoms with Crippen LogP contribution in [0.3, 0.4) is 0 Å². The standard InChI is InChI=1S/C24H26N6O4/c25-15-4-1-7-18(10-15)28-21(31)13-24(34,23(33)30-20-9-3-6-17(27)12-20)14-22(32)29-19-8-2-5-16(26)11-19/h1-12,34H,13-14,25-27H2,(H,28,31)(H,29,32)(H,30,33). The topological polar surface area (TPSA) is 186 Å². The van der Waals surface area contributed by atoms with Crippen LogP contribution in [-0.4, -0.2) is 28.4 Å². The molecule has 0 aliphatic rings. The van der Waals surface area contributed by atoms with Crippen LogP contribution in [0.1, 0.15) is 12.8 Å². The molecule has 3 aromatic carbocycles. The molecule has 176 valence electrons. The van der Waals surface area contributed by atoms with Crippen LogP contribution in [-0.2, 0) is 14.4 Å². The quantitative estimate of drug-likeness (QED) is 0.250. The summed E-state index contributed by atoms with van der Waals surface area (Å²) in [5.74, 6) is -2.32. The summed E-state index contributed by atoms with van der Waals surface area (Å²) in [5, 5.41) is 18.9. The molecule has 0 aliphatic carbocycles. The molecule has 3 aromatic rings. The average Bonchev–Trinajstić information content (AvgIpc) is 2.73. The van der Waals surface area contributed by atoms with Crippen LogP contribution >= 0.6 is 0 Å². The molecule has 10 heteroatoms. The van der Waals surface area contributed by atoms with E-state index in [2.05, 4.69) is 16.0 Å². The summed E-state index contributed by atoms with van der Waals surface area (Å²) in [4.78, 5) is 38.4. The first-order valence-electron chi connectivity index (χ1n) is 10.3. The van der Waals surface area contributed by atoms with Crippen LogP contribution in [0.2, 0.25) is 0 Å². The van der Waals surface area contributed by atoms with Crippen LogP contribution in [0.25, 0.3) is 0 Å². The van der Waals surface area contributed by atoms with Crippen molar-refractivity contribution in [1.29, 1.82) is 0 Å². The molecule has 0 unspecified atom stereocenters. The molecule has 0 aromatic heterocycles. The van der Waals surface area contributed by atoms with Crippen LogP contribution in [0.15, 0.2) is 72.8 Å². The molecular formula is C24H26N6O4. The van der Waals surface area contributed by atoms with Gasteiger partial charge in [0.15, 0.2) is 5.60 Å². The second-order valence-electron chi connectivity index (χ2n) is 7.81. The van der Waals surface area contributed by atoms with Crippen molar-refractivity contribution in [2.75, 3.05) is 33.2 Å². The van der Waals surface area contributed by atoms with Gasteiger partial charge in [0.2, 0.25) is 11.8 Å². The van der Waals surface area contributed by atoms with Gasteiger partial charge in [-0.05, 0) is 54.6 Å². The lowest BCUT2D eigenvalue weighted by Crippen LogP contribution is -2.48. The normalized spacial score (nSPS) is 10.9. The first-order valence-corrected chi connectivity index (χ1v) is 10.3. The second-order valence-corrected chi connectivity index (χ2v) is 7.81. The van der Waals surface area contributed by atoms with Gasteiger partial charge in [-0.1, -0.05) is 18.2 Å². The maximum Gasteiger partial charge on any atom is 0.257 e. The monoisotopic (exact) mass is 462 g/mol. The summed E-state index contributed by atoms with van der Waals surface area (Å²) in [6.07, 6.45) is -1.39. The Balaban J connectivity index is 1.79. The zero-order valence-electron chi connectivity index (χ0n) is 18.2. The zero-order chi connectivity index (χ0) is 24.7. The smallest absolute Gasteiger partial charge is 0.257 e. The van der Waals surface area contributed by atoms with Crippen molar-refractivity contribution >= 4 is 51.8 Å².